The third-order valence-corrected chi connectivity index (χ3v) is 4.65. The summed E-state index contributed by atoms with van der Waals surface area (Å²) in [4.78, 5) is 21.6. The molecular formula is C18H27N5O2. The standard InChI is InChI=1S/C18H27N5O2/c1-5-21(6-2)11-15-7-19-17-16(8-20-23(17)12-15)18(24)22-9-13(3)25-14(4)10-22/h7-8,12-14H,5-6,9-11H2,1-4H3/t13-,14+. The number of carbonyl (C=O) groups excluding carboxylic acids is 1. The molecule has 7 heteroatoms. The maximum atomic E-state index is 12.9. The average Bonchev–Trinajstić information content (AvgIpc) is 3.01. The minimum atomic E-state index is -0.0269. The number of aromatic nitrogens is 3. The van der Waals surface area contributed by atoms with Crippen molar-refractivity contribution < 1.29 is 9.53 Å². The first-order valence-corrected chi connectivity index (χ1v) is 9.01. The third-order valence-electron chi connectivity index (χ3n) is 4.65. The van der Waals surface area contributed by atoms with Gasteiger partial charge in [0.2, 0.25) is 0 Å². The van der Waals surface area contributed by atoms with Gasteiger partial charge >= 0.3 is 0 Å². The predicted molar refractivity (Wildman–Crippen MR) is 95.5 cm³/mol. The normalized spacial score (nSPS) is 21.2. The number of rotatable bonds is 5. The quantitative estimate of drug-likeness (QED) is 0.827. The molecule has 0 unspecified atom stereocenters. The van der Waals surface area contributed by atoms with Gasteiger partial charge < -0.3 is 9.64 Å². The van der Waals surface area contributed by atoms with Crippen LogP contribution in [-0.4, -0.2) is 68.7 Å². The van der Waals surface area contributed by atoms with Crippen LogP contribution in [-0.2, 0) is 11.3 Å². The Bertz CT molecular complexity index is 730. The molecule has 136 valence electrons. The number of nitrogens with zero attached hydrogens (tertiary/aromatic N) is 5. The van der Waals surface area contributed by atoms with Gasteiger partial charge in [-0.15, -0.1) is 0 Å². The lowest BCUT2D eigenvalue weighted by molar-refractivity contribution is -0.0585. The third kappa shape index (κ3) is 3.82. The molecular weight excluding hydrogens is 318 g/mol. The van der Waals surface area contributed by atoms with Crippen LogP contribution in [0.3, 0.4) is 0 Å². The van der Waals surface area contributed by atoms with Crippen molar-refractivity contribution in [2.45, 2.75) is 46.4 Å². The van der Waals surface area contributed by atoms with Gasteiger partial charge in [0.25, 0.3) is 5.91 Å². The molecule has 1 aliphatic heterocycles. The molecule has 1 saturated heterocycles. The summed E-state index contributed by atoms with van der Waals surface area (Å²) in [7, 11) is 0. The molecule has 7 nitrogen and oxygen atoms in total. The van der Waals surface area contributed by atoms with Gasteiger partial charge in [0.15, 0.2) is 5.65 Å². The first kappa shape index (κ1) is 17.8. The average molecular weight is 345 g/mol. The minimum absolute atomic E-state index is 0.0269. The highest BCUT2D eigenvalue weighted by atomic mass is 16.5. The van der Waals surface area contributed by atoms with Gasteiger partial charge in [-0.1, -0.05) is 13.8 Å². The molecule has 1 aliphatic rings. The highest BCUT2D eigenvalue weighted by Gasteiger charge is 2.28. The molecule has 0 bridgehead atoms. The number of fused-ring (bicyclic) bond motifs is 1. The maximum Gasteiger partial charge on any atom is 0.259 e. The van der Waals surface area contributed by atoms with Crippen molar-refractivity contribution >= 4 is 11.6 Å². The summed E-state index contributed by atoms with van der Waals surface area (Å²) in [6, 6.07) is 0. The molecule has 1 fully saturated rings. The second kappa shape index (κ2) is 7.49. The van der Waals surface area contributed by atoms with E-state index in [1.807, 2.05) is 31.1 Å². The van der Waals surface area contributed by atoms with Gasteiger partial charge in [-0.25, -0.2) is 9.50 Å². The summed E-state index contributed by atoms with van der Waals surface area (Å²) in [6.07, 6.45) is 5.52. The fourth-order valence-corrected chi connectivity index (χ4v) is 3.37. The smallest absolute Gasteiger partial charge is 0.259 e. The molecule has 0 N–H and O–H groups in total. The van der Waals surface area contributed by atoms with Gasteiger partial charge in [-0.2, -0.15) is 5.10 Å². The lowest BCUT2D eigenvalue weighted by atomic mass is 10.2. The number of carbonyl (C=O) groups is 1. The number of ether oxygens (including phenoxy) is 1. The predicted octanol–water partition coefficient (Wildman–Crippen LogP) is 1.82. The Balaban J connectivity index is 1.82. The van der Waals surface area contributed by atoms with Gasteiger partial charge in [-0.05, 0) is 26.9 Å². The Kier molecular flexibility index (Phi) is 5.34. The van der Waals surface area contributed by atoms with E-state index in [1.54, 1.807) is 10.7 Å². The van der Waals surface area contributed by atoms with Crippen LogP contribution in [0.25, 0.3) is 5.65 Å². The van der Waals surface area contributed by atoms with Gasteiger partial charge in [-0.3, -0.25) is 9.69 Å². The van der Waals surface area contributed by atoms with Gasteiger partial charge in [0, 0.05) is 37.6 Å². The first-order valence-electron chi connectivity index (χ1n) is 9.01. The van der Waals surface area contributed by atoms with E-state index in [4.69, 9.17) is 4.74 Å². The maximum absolute atomic E-state index is 12.9. The molecule has 1 amide bonds. The Labute approximate surface area is 148 Å². The molecule has 0 spiro atoms. The monoisotopic (exact) mass is 345 g/mol. The molecule has 2 aromatic heterocycles. The summed E-state index contributed by atoms with van der Waals surface area (Å²) in [5.41, 5.74) is 2.25. The zero-order valence-electron chi connectivity index (χ0n) is 15.5. The van der Waals surface area contributed by atoms with Crippen molar-refractivity contribution in [3.8, 4) is 0 Å². The van der Waals surface area contributed by atoms with E-state index in [-0.39, 0.29) is 18.1 Å². The lowest BCUT2D eigenvalue weighted by Crippen LogP contribution is -2.48. The number of morpholine rings is 1. The van der Waals surface area contributed by atoms with Crippen molar-refractivity contribution in [1.82, 2.24) is 24.4 Å². The van der Waals surface area contributed by atoms with Gasteiger partial charge in [0.1, 0.15) is 5.56 Å². The van der Waals surface area contributed by atoms with Crippen LogP contribution in [0.5, 0.6) is 0 Å². The highest BCUT2D eigenvalue weighted by Crippen LogP contribution is 2.17. The van der Waals surface area contributed by atoms with E-state index in [9.17, 15) is 4.79 Å². The minimum Gasteiger partial charge on any atom is -0.372 e. The fourth-order valence-electron chi connectivity index (χ4n) is 3.37. The summed E-state index contributed by atoms with van der Waals surface area (Å²) in [5.74, 6) is -0.0269. The van der Waals surface area contributed by atoms with E-state index in [0.717, 1.165) is 25.2 Å². The highest BCUT2D eigenvalue weighted by molar-refractivity contribution is 5.99. The second-order valence-corrected chi connectivity index (χ2v) is 6.72. The fraction of sp³-hybridized carbons (Fsp3) is 0.611. The molecule has 3 heterocycles. The van der Waals surface area contributed by atoms with Crippen LogP contribution >= 0.6 is 0 Å². The van der Waals surface area contributed by atoms with Crippen LogP contribution in [0.2, 0.25) is 0 Å². The Morgan fingerprint density at radius 2 is 1.92 bits per heavy atom. The summed E-state index contributed by atoms with van der Waals surface area (Å²) in [5, 5.41) is 4.35. The molecule has 0 aliphatic carbocycles. The first-order chi connectivity index (χ1) is 12.0. The Morgan fingerprint density at radius 3 is 2.56 bits per heavy atom. The van der Waals surface area contributed by atoms with E-state index in [0.29, 0.717) is 24.3 Å². The lowest BCUT2D eigenvalue weighted by Gasteiger charge is -2.35. The zero-order chi connectivity index (χ0) is 18.0. The van der Waals surface area contributed by atoms with Crippen molar-refractivity contribution in [2.75, 3.05) is 26.2 Å². The second-order valence-electron chi connectivity index (χ2n) is 6.72. The Morgan fingerprint density at radius 1 is 1.24 bits per heavy atom. The van der Waals surface area contributed by atoms with Crippen LogP contribution in [0.15, 0.2) is 18.6 Å². The Hall–Kier alpha value is -1.99. The van der Waals surface area contributed by atoms with Gasteiger partial charge in [0.05, 0.1) is 18.4 Å². The SMILES string of the molecule is CCN(CC)Cc1cnc2c(C(=O)N3C[C@@H](C)O[C@@H](C)C3)cnn2c1. The molecule has 2 atom stereocenters. The molecule has 0 saturated carbocycles. The summed E-state index contributed by atoms with van der Waals surface area (Å²) >= 11 is 0. The van der Waals surface area contributed by atoms with E-state index < -0.39 is 0 Å². The van der Waals surface area contributed by atoms with Crippen molar-refractivity contribution in [1.29, 1.82) is 0 Å². The number of hydrogen-bond acceptors (Lipinski definition) is 5. The van der Waals surface area contributed by atoms with E-state index >= 15 is 0 Å². The zero-order valence-corrected chi connectivity index (χ0v) is 15.5. The molecule has 0 aromatic carbocycles. The van der Waals surface area contributed by atoms with E-state index in [2.05, 4.69) is 28.8 Å². The van der Waals surface area contributed by atoms with Crippen LogP contribution in [0, 0.1) is 0 Å². The summed E-state index contributed by atoms with van der Waals surface area (Å²) < 4.78 is 7.42. The molecule has 25 heavy (non-hydrogen) atoms. The molecule has 2 aromatic rings. The van der Waals surface area contributed by atoms with Crippen LogP contribution in [0.1, 0.15) is 43.6 Å². The van der Waals surface area contributed by atoms with Crippen molar-refractivity contribution in [3.63, 3.8) is 0 Å². The topological polar surface area (TPSA) is 63.0 Å². The molecule has 3 rings (SSSR count). The van der Waals surface area contributed by atoms with Crippen LogP contribution < -0.4 is 0 Å². The number of amides is 1. The number of hydrogen-bond donors (Lipinski definition) is 0. The van der Waals surface area contributed by atoms with E-state index in [1.165, 1.54) is 0 Å². The largest absolute Gasteiger partial charge is 0.372 e. The van der Waals surface area contributed by atoms with Crippen molar-refractivity contribution in [2.24, 2.45) is 0 Å². The summed E-state index contributed by atoms with van der Waals surface area (Å²) in [6.45, 7) is 12.3. The molecule has 0 radical (unpaired) electrons. The van der Waals surface area contributed by atoms with Crippen molar-refractivity contribution in [3.05, 3.63) is 29.7 Å². The van der Waals surface area contributed by atoms with Crippen LogP contribution in [0.4, 0.5) is 0 Å².